The van der Waals surface area contributed by atoms with E-state index in [0.29, 0.717) is 0 Å². The van der Waals surface area contributed by atoms with Crippen molar-refractivity contribution in [3.05, 3.63) is 44.0 Å². The molecule has 0 aliphatic carbocycles. The van der Waals surface area contributed by atoms with Crippen LogP contribution >= 0.6 is 22.9 Å². The second-order valence-corrected chi connectivity index (χ2v) is 5.08. The zero-order valence-corrected chi connectivity index (χ0v) is 11.6. The van der Waals surface area contributed by atoms with Gasteiger partial charge in [0.25, 0.3) is 0 Å². The van der Waals surface area contributed by atoms with Gasteiger partial charge >= 0.3 is 5.69 Å². The molecular formula is C11H11ClN4O2S. The van der Waals surface area contributed by atoms with Crippen molar-refractivity contribution >= 4 is 34.4 Å². The third-order valence-corrected chi connectivity index (χ3v) is 3.83. The predicted octanol–water partition coefficient (Wildman–Crippen LogP) is 3.66. The standard InChI is InChI=1S/C11H11ClN4O2S/c1-2-7(8-4-3-5-19-8)15-11-9(16(17)18)10(12)13-6-14-11/h3-7H,2H2,1H3,(H,13,14,15). The van der Waals surface area contributed by atoms with Crippen LogP contribution in [0, 0.1) is 10.1 Å². The first kappa shape index (κ1) is 13.7. The van der Waals surface area contributed by atoms with Gasteiger partial charge in [-0.3, -0.25) is 10.1 Å². The monoisotopic (exact) mass is 298 g/mol. The Morgan fingerprint density at radius 3 is 2.95 bits per heavy atom. The van der Waals surface area contributed by atoms with Gasteiger partial charge in [-0.2, -0.15) is 0 Å². The highest BCUT2D eigenvalue weighted by molar-refractivity contribution is 7.10. The molecule has 0 aliphatic rings. The van der Waals surface area contributed by atoms with Gasteiger partial charge in [-0.1, -0.05) is 24.6 Å². The maximum atomic E-state index is 11.0. The van der Waals surface area contributed by atoms with Crippen LogP contribution in [0.3, 0.4) is 0 Å². The molecule has 0 aliphatic heterocycles. The van der Waals surface area contributed by atoms with E-state index in [-0.39, 0.29) is 22.7 Å². The molecule has 0 spiro atoms. The van der Waals surface area contributed by atoms with Crippen molar-refractivity contribution in [2.75, 3.05) is 5.32 Å². The van der Waals surface area contributed by atoms with E-state index in [9.17, 15) is 10.1 Å². The van der Waals surface area contributed by atoms with E-state index >= 15 is 0 Å². The van der Waals surface area contributed by atoms with Gasteiger partial charge in [-0.25, -0.2) is 9.97 Å². The minimum absolute atomic E-state index is 0.0373. The summed E-state index contributed by atoms with van der Waals surface area (Å²) in [5.74, 6) is 0.144. The molecule has 8 heteroatoms. The van der Waals surface area contributed by atoms with Crippen LogP contribution in [0.2, 0.25) is 5.15 Å². The van der Waals surface area contributed by atoms with Crippen molar-refractivity contribution in [3.8, 4) is 0 Å². The van der Waals surface area contributed by atoms with E-state index in [1.807, 2.05) is 24.4 Å². The Labute approximate surface area is 118 Å². The van der Waals surface area contributed by atoms with E-state index in [0.717, 1.165) is 11.3 Å². The van der Waals surface area contributed by atoms with Crippen LogP contribution in [0.4, 0.5) is 11.5 Å². The van der Waals surface area contributed by atoms with E-state index in [1.165, 1.54) is 6.33 Å². The molecule has 0 saturated carbocycles. The third-order valence-electron chi connectivity index (χ3n) is 2.57. The molecule has 0 saturated heterocycles. The molecule has 0 aromatic carbocycles. The van der Waals surface area contributed by atoms with Crippen LogP contribution in [0.15, 0.2) is 23.8 Å². The van der Waals surface area contributed by atoms with Crippen molar-refractivity contribution < 1.29 is 4.92 Å². The van der Waals surface area contributed by atoms with Gasteiger partial charge in [0.2, 0.25) is 11.0 Å². The number of aromatic nitrogens is 2. The van der Waals surface area contributed by atoms with Crippen molar-refractivity contribution in [1.82, 2.24) is 9.97 Å². The second-order valence-electron chi connectivity index (χ2n) is 3.74. The van der Waals surface area contributed by atoms with Gasteiger partial charge in [0.05, 0.1) is 11.0 Å². The number of nitrogens with zero attached hydrogens (tertiary/aromatic N) is 3. The molecule has 6 nitrogen and oxygen atoms in total. The van der Waals surface area contributed by atoms with Gasteiger partial charge in [-0.05, 0) is 17.9 Å². The highest BCUT2D eigenvalue weighted by atomic mass is 35.5. The van der Waals surface area contributed by atoms with Gasteiger partial charge in [0.15, 0.2) is 0 Å². The lowest BCUT2D eigenvalue weighted by Gasteiger charge is -2.15. The number of halogens is 1. The second kappa shape index (κ2) is 5.94. The van der Waals surface area contributed by atoms with Crippen molar-refractivity contribution in [2.24, 2.45) is 0 Å². The van der Waals surface area contributed by atoms with E-state index in [2.05, 4.69) is 15.3 Å². The van der Waals surface area contributed by atoms with Crippen molar-refractivity contribution in [1.29, 1.82) is 0 Å². The quantitative estimate of drug-likeness (QED) is 0.517. The first-order valence-electron chi connectivity index (χ1n) is 5.58. The SMILES string of the molecule is CCC(Nc1ncnc(Cl)c1[N+](=O)[O-])c1cccs1. The molecule has 0 amide bonds. The third kappa shape index (κ3) is 2.99. The first-order valence-corrected chi connectivity index (χ1v) is 6.84. The molecule has 1 atom stereocenters. The summed E-state index contributed by atoms with van der Waals surface area (Å²) in [6.07, 6.45) is 1.98. The fourth-order valence-corrected chi connectivity index (χ4v) is 2.72. The Hall–Kier alpha value is -1.73. The molecule has 1 N–H and O–H groups in total. The van der Waals surface area contributed by atoms with Crippen LogP contribution in [-0.2, 0) is 0 Å². The number of nitro groups is 1. The average molecular weight is 299 g/mol. The number of hydrogen-bond acceptors (Lipinski definition) is 6. The topological polar surface area (TPSA) is 81.0 Å². The lowest BCUT2D eigenvalue weighted by atomic mass is 10.2. The minimum atomic E-state index is -0.578. The van der Waals surface area contributed by atoms with Crippen molar-refractivity contribution in [2.45, 2.75) is 19.4 Å². The molecule has 100 valence electrons. The fraction of sp³-hybridized carbons (Fsp3) is 0.273. The Bertz CT molecular complexity index is 576. The Kier molecular flexibility index (Phi) is 4.28. The van der Waals surface area contributed by atoms with E-state index < -0.39 is 4.92 Å². The summed E-state index contributed by atoms with van der Waals surface area (Å²) in [6.45, 7) is 1.99. The molecule has 19 heavy (non-hydrogen) atoms. The van der Waals surface area contributed by atoms with Crippen LogP contribution < -0.4 is 5.32 Å². The van der Waals surface area contributed by atoms with Crippen LogP contribution in [0.25, 0.3) is 0 Å². The largest absolute Gasteiger partial charge is 0.357 e. The maximum absolute atomic E-state index is 11.0. The lowest BCUT2D eigenvalue weighted by molar-refractivity contribution is -0.384. The highest BCUT2D eigenvalue weighted by Gasteiger charge is 2.23. The molecule has 0 bridgehead atoms. The number of hydrogen-bond donors (Lipinski definition) is 1. The summed E-state index contributed by atoms with van der Waals surface area (Å²) in [5.41, 5.74) is -0.292. The summed E-state index contributed by atoms with van der Waals surface area (Å²) < 4.78 is 0. The molecule has 1 unspecified atom stereocenters. The number of anilines is 1. The molecule has 2 aromatic rings. The van der Waals surface area contributed by atoms with Crippen LogP contribution in [0.1, 0.15) is 24.3 Å². The molecule has 2 aromatic heterocycles. The van der Waals surface area contributed by atoms with Crippen LogP contribution in [-0.4, -0.2) is 14.9 Å². The summed E-state index contributed by atoms with van der Waals surface area (Å²) in [6, 6.07) is 3.87. The molecule has 0 radical (unpaired) electrons. The zero-order valence-electron chi connectivity index (χ0n) is 10.0. The maximum Gasteiger partial charge on any atom is 0.348 e. The summed E-state index contributed by atoms with van der Waals surface area (Å²) in [4.78, 5) is 19.1. The number of thiophene rings is 1. The van der Waals surface area contributed by atoms with E-state index in [1.54, 1.807) is 11.3 Å². The highest BCUT2D eigenvalue weighted by Crippen LogP contribution is 2.32. The number of rotatable bonds is 5. The zero-order chi connectivity index (χ0) is 13.8. The Morgan fingerprint density at radius 1 is 1.58 bits per heavy atom. The Morgan fingerprint density at radius 2 is 2.37 bits per heavy atom. The minimum Gasteiger partial charge on any atom is -0.357 e. The smallest absolute Gasteiger partial charge is 0.348 e. The van der Waals surface area contributed by atoms with Crippen LogP contribution in [0.5, 0.6) is 0 Å². The number of nitrogens with one attached hydrogen (secondary N) is 1. The summed E-state index contributed by atoms with van der Waals surface area (Å²) in [5, 5.41) is 15.9. The summed E-state index contributed by atoms with van der Waals surface area (Å²) >= 11 is 7.33. The lowest BCUT2D eigenvalue weighted by Crippen LogP contribution is -2.11. The van der Waals surface area contributed by atoms with Crippen molar-refractivity contribution in [3.63, 3.8) is 0 Å². The predicted molar refractivity (Wildman–Crippen MR) is 74.7 cm³/mol. The molecule has 0 fully saturated rings. The fourth-order valence-electron chi connectivity index (χ4n) is 1.65. The summed E-state index contributed by atoms with van der Waals surface area (Å²) in [7, 11) is 0. The van der Waals surface area contributed by atoms with Gasteiger partial charge in [-0.15, -0.1) is 11.3 Å². The van der Waals surface area contributed by atoms with Gasteiger partial charge < -0.3 is 5.32 Å². The molecular weight excluding hydrogens is 288 g/mol. The van der Waals surface area contributed by atoms with Gasteiger partial charge in [0.1, 0.15) is 6.33 Å². The molecule has 2 rings (SSSR count). The average Bonchev–Trinajstić information content (AvgIpc) is 2.89. The Balaban J connectivity index is 2.32. The van der Waals surface area contributed by atoms with E-state index in [4.69, 9.17) is 11.6 Å². The first-order chi connectivity index (χ1) is 9.13. The van der Waals surface area contributed by atoms with Gasteiger partial charge in [0, 0.05) is 4.88 Å². The normalized spacial score (nSPS) is 12.1. The molecule has 2 heterocycles.